The van der Waals surface area contributed by atoms with Crippen molar-refractivity contribution in [2.75, 3.05) is 20.1 Å². The van der Waals surface area contributed by atoms with Gasteiger partial charge in [-0.3, -0.25) is 4.99 Å². The van der Waals surface area contributed by atoms with Gasteiger partial charge in [-0.2, -0.15) is 0 Å². The fourth-order valence-electron chi connectivity index (χ4n) is 2.68. The Balaban J connectivity index is 0.00000225. The van der Waals surface area contributed by atoms with Gasteiger partial charge in [-0.1, -0.05) is 0 Å². The molecule has 1 aliphatic rings. The van der Waals surface area contributed by atoms with Gasteiger partial charge in [0.25, 0.3) is 0 Å². The molecule has 2 heterocycles. The lowest BCUT2D eigenvalue weighted by atomic mass is 10.2. The molecule has 0 saturated carbocycles. The zero-order valence-corrected chi connectivity index (χ0v) is 16.4. The van der Waals surface area contributed by atoms with Crippen molar-refractivity contribution in [3.8, 4) is 11.6 Å². The molecule has 5 nitrogen and oxygen atoms in total. The SMILES string of the molecule is CN=C(NCc1ccnc(Oc2ccc(F)cc2)c1)N1CCCC1.I. The molecule has 1 aromatic carbocycles. The van der Waals surface area contributed by atoms with E-state index in [2.05, 4.69) is 20.2 Å². The third-order valence-corrected chi connectivity index (χ3v) is 3.90. The summed E-state index contributed by atoms with van der Waals surface area (Å²) in [6, 6.07) is 9.69. The molecule has 1 N–H and O–H groups in total. The van der Waals surface area contributed by atoms with Gasteiger partial charge in [0.05, 0.1) is 0 Å². The van der Waals surface area contributed by atoms with Gasteiger partial charge < -0.3 is 15.0 Å². The van der Waals surface area contributed by atoms with E-state index in [-0.39, 0.29) is 29.8 Å². The number of nitrogens with one attached hydrogen (secondary N) is 1. The Labute approximate surface area is 164 Å². The first kappa shape index (κ1) is 19.4. The molecule has 0 spiro atoms. The molecule has 0 unspecified atom stereocenters. The zero-order valence-electron chi connectivity index (χ0n) is 14.1. The number of likely N-dealkylation sites (tertiary alicyclic amines) is 1. The highest BCUT2D eigenvalue weighted by Crippen LogP contribution is 2.20. The number of rotatable bonds is 4. The van der Waals surface area contributed by atoms with E-state index in [0.29, 0.717) is 18.2 Å². The summed E-state index contributed by atoms with van der Waals surface area (Å²) in [4.78, 5) is 10.8. The average Bonchev–Trinajstić information content (AvgIpc) is 3.12. The maximum atomic E-state index is 12.9. The van der Waals surface area contributed by atoms with E-state index < -0.39 is 0 Å². The lowest BCUT2D eigenvalue weighted by molar-refractivity contribution is 0.460. The van der Waals surface area contributed by atoms with E-state index in [1.807, 2.05) is 12.1 Å². The fourth-order valence-corrected chi connectivity index (χ4v) is 2.68. The van der Waals surface area contributed by atoms with Crippen molar-refractivity contribution < 1.29 is 9.13 Å². The van der Waals surface area contributed by atoms with Crippen LogP contribution in [0.5, 0.6) is 11.6 Å². The predicted molar refractivity (Wildman–Crippen MR) is 107 cm³/mol. The minimum absolute atomic E-state index is 0. The number of ether oxygens (including phenoxy) is 1. The standard InChI is InChI=1S/C18H21FN4O.HI/c1-20-18(23-10-2-3-11-23)22-13-14-8-9-21-17(12-14)24-16-6-4-15(19)5-7-16;/h4-9,12H,2-3,10-11,13H2,1H3,(H,20,22);1H. The maximum absolute atomic E-state index is 12.9. The molecule has 7 heteroatoms. The first-order chi connectivity index (χ1) is 11.7. The number of benzene rings is 1. The molecule has 0 atom stereocenters. The number of hydrogen-bond acceptors (Lipinski definition) is 3. The second-order valence-electron chi connectivity index (χ2n) is 5.65. The van der Waals surface area contributed by atoms with Crippen molar-refractivity contribution in [1.29, 1.82) is 0 Å². The summed E-state index contributed by atoms with van der Waals surface area (Å²) in [5.41, 5.74) is 1.04. The van der Waals surface area contributed by atoms with Crippen molar-refractivity contribution in [3.05, 3.63) is 54.0 Å². The molecule has 2 aromatic rings. The summed E-state index contributed by atoms with van der Waals surface area (Å²) in [7, 11) is 1.80. The van der Waals surface area contributed by atoms with Gasteiger partial charge in [0, 0.05) is 38.9 Å². The molecule has 1 aliphatic heterocycles. The molecule has 1 aromatic heterocycles. The van der Waals surface area contributed by atoms with Crippen LogP contribution in [0.4, 0.5) is 4.39 Å². The summed E-state index contributed by atoms with van der Waals surface area (Å²) in [6.07, 6.45) is 4.13. The lowest BCUT2D eigenvalue weighted by Gasteiger charge is -2.20. The summed E-state index contributed by atoms with van der Waals surface area (Å²) in [5, 5.41) is 3.37. The van der Waals surface area contributed by atoms with Crippen LogP contribution in [-0.2, 0) is 6.54 Å². The number of aromatic nitrogens is 1. The highest BCUT2D eigenvalue weighted by molar-refractivity contribution is 14.0. The Morgan fingerprint density at radius 2 is 1.96 bits per heavy atom. The summed E-state index contributed by atoms with van der Waals surface area (Å²) >= 11 is 0. The summed E-state index contributed by atoms with van der Waals surface area (Å²) < 4.78 is 18.6. The molecule has 1 saturated heterocycles. The van der Waals surface area contributed by atoms with E-state index in [9.17, 15) is 4.39 Å². The molecule has 1 fully saturated rings. The lowest BCUT2D eigenvalue weighted by Crippen LogP contribution is -2.39. The smallest absolute Gasteiger partial charge is 0.219 e. The van der Waals surface area contributed by atoms with Crippen LogP contribution in [0.1, 0.15) is 18.4 Å². The van der Waals surface area contributed by atoms with E-state index >= 15 is 0 Å². The van der Waals surface area contributed by atoms with Gasteiger partial charge in [-0.05, 0) is 48.7 Å². The number of hydrogen-bond donors (Lipinski definition) is 1. The maximum Gasteiger partial charge on any atom is 0.219 e. The third kappa shape index (κ3) is 5.55. The van der Waals surface area contributed by atoms with Crippen LogP contribution in [0.25, 0.3) is 0 Å². The van der Waals surface area contributed by atoms with Crippen molar-refractivity contribution in [2.45, 2.75) is 19.4 Å². The number of aliphatic imine (C=N–C) groups is 1. The molecular weight excluding hydrogens is 434 g/mol. The van der Waals surface area contributed by atoms with Crippen LogP contribution in [0.15, 0.2) is 47.6 Å². The predicted octanol–water partition coefficient (Wildman–Crippen LogP) is 3.80. The van der Waals surface area contributed by atoms with Crippen molar-refractivity contribution in [3.63, 3.8) is 0 Å². The number of guanidine groups is 1. The van der Waals surface area contributed by atoms with Gasteiger partial charge in [0.2, 0.25) is 5.88 Å². The third-order valence-electron chi connectivity index (χ3n) is 3.90. The summed E-state index contributed by atoms with van der Waals surface area (Å²) in [6.45, 7) is 2.75. The molecule has 0 radical (unpaired) electrons. The number of nitrogens with zero attached hydrogens (tertiary/aromatic N) is 3. The normalized spacial score (nSPS) is 14.2. The average molecular weight is 456 g/mol. The van der Waals surface area contributed by atoms with Gasteiger partial charge in [0.15, 0.2) is 5.96 Å². The molecule has 25 heavy (non-hydrogen) atoms. The topological polar surface area (TPSA) is 49.8 Å². The molecule has 134 valence electrons. The molecule has 3 rings (SSSR count). The van der Waals surface area contributed by atoms with Crippen molar-refractivity contribution in [1.82, 2.24) is 15.2 Å². The van der Waals surface area contributed by atoms with Crippen LogP contribution in [-0.4, -0.2) is 36.0 Å². The highest BCUT2D eigenvalue weighted by Gasteiger charge is 2.15. The fraction of sp³-hybridized carbons (Fsp3) is 0.333. The van der Waals surface area contributed by atoms with Crippen LogP contribution < -0.4 is 10.1 Å². The Bertz CT molecular complexity index is 702. The first-order valence-corrected chi connectivity index (χ1v) is 8.08. The van der Waals surface area contributed by atoms with E-state index in [0.717, 1.165) is 24.6 Å². The van der Waals surface area contributed by atoms with E-state index in [1.165, 1.54) is 25.0 Å². The Hall–Kier alpha value is -1.90. The Morgan fingerprint density at radius 1 is 1.24 bits per heavy atom. The Kier molecular flexibility index (Phi) is 7.42. The summed E-state index contributed by atoms with van der Waals surface area (Å²) in [5.74, 6) is 1.67. The monoisotopic (exact) mass is 456 g/mol. The zero-order chi connectivity index (χ0) is 16.8. The van der Waals surface area contributed by atoms with Crippen LogP contribution in [0, 0.1) is 5.82 Å². The Morgan fingerprint density at radius 3 is 2.64 bits per heavy atom. The minimum atomic E-state index is -0.290. The van der Waals surface area contributed by atoms with E-state index in [1.54, 1.807) is 25.4 Å². The van der Waals surface area contributed by atoms with Crippen molar-refractivity contribution in [2.24, 2.45) is 4.99 Å². The molecule has 0 aliphatic carbocycles. The second kappa shape index (κ2) is 9.55. The van der Waals surface area contributed by atoms with Gasteiger partial charge in [0.1, 0.15) is 11.6 Å². The van der Waals surface area contributed by atoms with Gasteiger partial charge in [-0.15, -0.1) is 24.0 Å². The minimum Gasteiger partial charge on any atom is -0.439 e. The molecule has 0 bridgehead atoms. The number of halogens is 2. The highest BCUT2D eigenvalue weighted by atomic mass is 127. The van der Waals surface area contributed by atoms with Crippen LogP contribution in [0.2, 0.25) is 0 Å². The van der Waals surface area contributed by atoms with Crippen molar-refractivity contribution >= 4 is 29.9 Å². The number of pyridine rings is 1. The van der Waals surface area contributed by atoms with Gasteiger partial charge in [-0.25, -0.2) is 9.37 Å². The molecular formula is C18H22FIN4O. The molecule has 0 amide bonds. The first-order valence-electron chi connectivity index (χ1n) is 8.08. The quantitative estimate of drug-likeness (QED) is 0.432. The van der Waals surface area contributed by atoms with Crippen LogP contribution in [0.3, 0.4) is 0 Å². The van der Waals surface area contributed by atoms with E-state index in [4.69, 9.17) is 4.74 Å². The second-order valence-corrected chi connectivity index (χ2v) is 5.65. The largest absolute Gasteiger partial charge is 0.439 e. The van der Waals surface area contributed by atoms with Gasteiger partial charge >= 0.3 is 0 Å². The van der Waals surface area contributed by atoms with Crippen LogP contribution >= 0.6 is 24.0 Å².